The Labute approximate surface area is 189 Å². The molecule has 2 aromatic heterocycles. The molecule has 0 spiro atoms. The van der Waals surface area contributed by atoms with E-state index in [1.165, 1.54) is 18.2 Å². The van der Waals surface area contributed by atoms with E-state index in [-0.39, 0.29) is 17.6 Å². The van der Waals surface area contributed by atoms with E-state index in [0.29, 0.717) is 36.8 Å². The molecule has 3 aromatic rings. The molecular weight excluding hydrogens is 436 g/mol. The van der Waals surface area contributed by atoms with E-state index in [9.17, 15) is 22.4 Å². The molecule has 1 saturated carbocycles. The lowest BCUT2D eigenvalue weighted by atomic mass is 9.78. The highest BCUT2D eigenvalue weighted by molar-refractivity contribution is 5.97. The highest BCUT2D eigenvalue weighted by atomic mass is 19.4. The molecule has 0 radical (unpaired) electrons. The number of carbonyl (C=O) groups excluding carboxylic acids is 1. The van der Waals surface area contributed by atoms with Gasteiger partial charge in [-0.3, -0.25) is 9.78 Å². The van der Waals surface area contributed by atoms with E-state index in [2.05, 4.69) is 15.3 Å². The maximum absolute atomic E-state index is 13.5. The van der Waals surface area contributed by atoms with Crippen LogP contribution in [-0.4, -0.2) is 45.1 Å². The van der Waals surface area contributed by atoms with Crippen LogP contribution in [0.25, 0.3) is 11.0 Å². The molecule has 2 atom stereocenters. The fraction of sp³-hybridized carbons (Fsp3) is 0.417. The van der Waals surface area contributed by atoms with Gasteiger partial charge in [0.05, 0.1) is 11.0 Å². The van der Waals surface area contributed by atoms with E-state index in [1.54, 1.807) is 37.4 Å². The normalized spacial score (nSPS) is 21.3. The number of carbonyl (C=O) groups is 1. The number of nitrogens with zero attached hydrogens (tertiary/aromatic N) is 2. The molecule has 2 heterocycles. The minimum atomic E-state index is -4.54. The molecule has 176 valence electrons. The van der Waals surface area contributed by atoms with Gasteiger partial charge < -0.3 is 15.2 Å². The van der Waals surface area contributed by atoms with E-state index in [4.69, 9.17) is 0 Å². The summed E-state index contributed by atoms with van der Waals surface area (Å²) in [5.41, 5.74) is 0.974. The molecule has 1 unspecified atom stereocenters. The van der Waals surface area contributed by atoms with Gasteiger partial charge in [0.1, 0.15) is 18.1 Å². The fourth-order valence-electron chi connectivity index (χ4n) is 4.70. The SMILES string of the molecule is CC1(N(CC(F)(F)F)C(=O)c2cc3ncccc3[nH]2)CCC[C@@H](NCc2cccc(F)c2)C1. The van der Waals surface area contributed by atoms with Crippen molar-refractivity contribution in [1.82, 2.24) is 20.2 Å². The van der Waals surface area contributed by atoms with Crippen molar-refractivity contribution in [2.45, 2.75) is 56.9 Å². The second-order valence-electron chi connectivity index (χ2n) is 8.93. The first-order chi connectivity index (χ1) is 15.6. The van der Waals surface area contributed by atoms with Gasteiger partial charge in [0, 0.05) is 24.3 Å². The van der Waals surface area contributed by atoms with Crippen molar-refractivity contribution in [3.05, 3.63) is 65.7 Å². The molecule has 33 heavy (non-hydrogen) atoms. The summed E-state index contributed by atoms with van der Waals surface area (Å²) in [7, 11) is 0. The van der Waals surface area contributed by atoms with Gasteiger partial charge in [0.15, 0.2) is 0 Å². The smallest absolute Gasteiger partial charge is 0.349 e. The van der Waals surface area contributed by atoms with Gasteiger partial charge in [-0.25, -0.2) is 4.39 Å². The average molecular weight is 462 g/mol. The second kappa shape index (κ2) is 9.13. The van der Waals surface area contributed by atoms with Crippen molar-refractivity contribution in [2.24, 2.45) is 0 Å². The molecule has 0 aliphatic heterocycles. The van der Waals surface area contributed by atoms with Crippen LogP contribution in [-0.2, 0) is 6.54 Å². The Morgan fingerprint density at radius 2 is 2.09 bits per heavy atom. The molecule has 1 amide bonds. The third-order valence-electron chi connectivity index (χ3n) is 6.29. The number of aromatic amines is 1. The van der Waals surface area contributed by atoms with Crippen molar-refractivity contribution in [2.75, 3.05) is 6.54 Å². The first-order valence-corrected chi connectivity index (χ1v) is 10.9. The van der Waals surface area contributed by atoms with E-state index in [1.807, 2.05) is 0 Å². The van der Waals surface area contributed by atoms with Crippen molar-refractivity contribution in [1.29, 1.82) is 0 Å². The van der Waals surface area contributed by atoms with Crippen molar-refractivity contribution >= 4 is 16.9 Å². The molecular formula is C24H26F4N4O. The van der Waals surface area contributed by atoms with Crippen LogP contribution in [0, 0.1) is 5.82 Å². The Kier molecular flexibility index (Phi) is 6.43. The summed E-state index contributed by atoms with van der Waals surface area (Å²) >= 11 is 0. The van der Waals surface area contributed by atoms with Crippen LogP contribution in [0.2, 0.25) is 0 Å². The standard InChI is InChI=1S/C24H26F4N4O/c1-23(9-3-7-18(13-23)30-14-16-5-2-6-17(25)11-16)32(15-24(26,27)28)22(33)21-12-20-19(31-21)8-4-10-29-20/h2,4-6,8,10-12,18,30-31H,3,7,9,13-15H2,1H3/t18-,23?/m1/s1. The quantitative estimate of drug-likeness (QED) is 0.495. The van der Waals surface area contributed by atoms with Gasteiger partial charge in [-0.1, -0.05) is 12.1 Å². The highest BCUT2D eigenvalue weighted by Crippen LogP contribution is 2.37. The van der Waals surface area contributed by atoms with Crippen molar-refractivity contribution in [3.63, 3.8) is 0 Å². The second-order valence-corrected chi connectivity index (χ2v) is 8.93. The Hall–Kier alpha value is -2.94. The molecule has 1 aromatic carbocycles. The fourth-order valence-corrected chi connectivity index (χ4v) is 4.70. The summed E-state index contributed by atoms with van der Waals surface area (Å²) in [6.45, 7) is 0.786. The minimum absolute atomic E-state index is 0.0871. The van der Waals surface area contributed by atoms with Gasteiger partial charge in [0.2, 0.25) is 0 Å². The van der Waals surface area contributed by atoms with Crippen molar-refractivity contribution < 1.29 is 22.4 Å². The first-order valence-electron chi connectivity index (χ1n) is 10.9. The molecule has 2 N–H and O–H groups in total. The maximum Gasteiger partial charge on any atom is 0.406 e. The zero-order valence-corrected chi connectivity index (χ0v) is 18.3. The Morgan fingerprint density at radius 3 is 2.82 bits per heavy atom. The molecule has 1 aliphatic carbocycles. The van der Waals surface area contributed by atoms with Gasteiger partial charge in [-0.2, -0.15) is 13.2 Å². The average Bonchev–Trinajstić information content (AvgIpc) is 3.19. The summed E-state index contributed by atoms with van der Waals surface area (Å²) in [5.74, 6) is -1.03. The Bertz CT molecular complexity index is 1100. The largest absolute Gasteiger partial charge is 0.406 e. The number of rotatable bonds is 6. The van der Waals surface area contributed by atoms with Crippen molar-refractivity contribution in [3.8, 4) is 0 Å². The topological polar surface area (TPSA) is 61.0 Å². The molecule has 5 nitrogen and oxygen atoms in total. The van der Waals surface area contributed by atoms with E-state index >= 15 is 0 Å². The predicted molar refractivity (Wildman–Crippen MR) is 117 cm³/mol. The number of hydrogen-bond donors (Lipinski definition) is 2. The minimum Gasteiger partial charge on any atom is -0.349 e. The number of hydrogen-bond acceptors (Lipinski definition) is 3. The van der Waals surface area contributed by atoms with E-state index in [0.717, 1.165) is 16.9 Å². The zero-order chi connectivity index (χ0) is 23.6. The Morgan fingerprint density at radius 1 is 1.27 bits per heavy atom. The summed E-state index contributed by atoms with van der Waals surface area (Å²) in [4.78, 5) is 21.3. The van der Waals surface area contributed by atoms with Gasteiger partial charge in [-0.15, -0.1) is 0 Å². The van der Waals surface area contributed by atoms with Crippen LogP contribution in [0.5, 0.6) is 0 Å². The number of nitrogens with one attached hydrogen (secondary N) is 2. The number of benzene rings is 1. The zero-order valence-electron chi connectivity index (χ0n) is 18.3. The van der Waals surface area contributed by atoms with Crippen LogP contribution in [0.4, 0.5) is 17.6 Å². The molecule has 0 bridgehead atoms. The highest BCUT2D eigenvalue weighted by Gasteiger charge is 2.45. The number of alkyl halides is 3. The third-order valence-corrected chi connectivity index (χ3v) is 6.29. The summed E-state index contributed by atoms with van der Waals surface area (Å²) < 4.78 is 54.1. The van der Waals surface area contributed by atoms with E-state index < -0.39 is 24.2 Å². The first kappa shape index (κ1) is 23.2. The third kappa shape index (κ3) is 5.52. The summed E-state index contributed by atoms with van der Waals surface area (Å²) in [5, 5.41) is 3.33. The maximum atomic E-state index is 13.5. The number of H-pyrrole nitrogens is 1. The van der Waals surface area contributed by atoms with Gasteiger partial charge in [0.25, 0.3) is 5.91 Å². The summed E-state index contributed by atoms with van der Waals surface area (Å²) in [6.07, 6.45) is -0.698. The van der Waals surface area contributed by atoms with Crippen LogP contribution < -0.4 is 5.32 Å². The number of pyridine rings is 1. The van der Waals surface area contributed by atoms with Crippen LogP contribution in [0.1, 0.15) is 48.7 Å². The molecule has 4 rings (SSSR count). The Balaban J connectivity index is 1.55. The monoisotopic (exact) mass is 462 g/mol. The lowest BCUT2D eigenvalue weighted by Crippen LogP contribution is -2.57. The predicted octanol–water partition coefficient (Wildman–Crippen LogP) is 5.20. The lowest BCUT2D eigenvalue weighted by Gasteiger charge is -2.46. The van der Waals surface area contributed by atoms with Gasteiger partial charge >= 0.3 is 6.18 Å². The lowest BCUT2D eigenvalue weighted by molar-refractivity contribution is -0.153. The molecule has 1 aliphatic rings. The number of amides is 1. The number of halogens is 4. The summed E-state index contributed by atoms with van der Waals surface area (Å²) in [6, 6.07) is 11.0. The van der Waals surface area contributed by atoms with Crippen LogP contribution >= 0.6 is 0 Å². The number of fused-ring (bicyclic) bond motifs is 1. The van der Waals surface area contributed by atoms with Gasteiger partial charge in [-0.05, 0) is 68.5 Å². The van der Waals surface area contributed by atoms with Crippen LogP contribution in [0.15, 0.2) is 48.7 Å². The molecule has 9 heteroatoms. The number of aromatic nitrogens is 2. The molecule has 0 saturated heterocycles. The molecule has 1 fully saturated rings. The van der Waals surface area contributed by atoms with Crippen LogP contribution in [0.3, 0.4) is 0 Å².